The van der Waals surface area contributed by atoms with Crippen LogP contribution in [-0.4, -0.2) is 56.4 Å². The van der Waals surface area contributed by atoms with Crippen LogP contribution in [0.4, 0.5) is 0 Å². The standard InChI is InChI=1S/C21H20N2O5S2/c22-7-12-2-1-11(21-20(27)19(26)18(25)15(9-24)28-21)5-14(12)6-17-23-8-16(30-17)13-3-4-29-10-13/h1-5,8,10,15,18-21,24-27H,6,9H2/t15-,18-,19+,20-,21+/m1/s1. The molecule has 1 fully saturated rings. The Morgan fingerprint density at radius 2 is 1.97 bits per heavy atom. The van der Waals surface area contributed by atoms with E-state index < -0.39 is 37.1 Å². The van der Waals surface area contributed by atoms with Gasteiger partial charge in [-0.15, -0.1) is 11.3 Å². The lowest BCUT2D eigenvalue weighted by Crippen LogP contribution is -2.55. The maximum absolute atomic E-state index is 10.4. The van der Waals surface area contributed by atoms with Crippen LogP contribution in [0.25, 0.3) is 10.4 Å². The smallest absolute Gasteiger partial charge is 0.113 e. The lowest BCUT2D eigenvalue weighted by Gasteiger charge is -2.40. The first-order chi connectivity index (χ1) is 14.5. The highest BCUT2D eigenvalue weighted by molar-refractivity contribution is 7.15. The number of rotatable bonds is 5. The van der Waals surface area contributed by atoms with Gasteiger partial charge in [-0.3, -0.25) is 0 Å². The number of thiophene rings is 1. The van der Waals surface area contributed by atoms with Crippen molar-refractivity contribution in [2.75, 3.05) is 6.61 Å². The first kappa shape index (κ1) is 21.1. The molecule has 4 rings (SSSR count). The lowest BCUT2D eigenvalue weighted by molar-refractivity contribution is -0.231. The summed E-state index contributed by atoms with van der Waals surface area (Å²) in [5.41, 5.74) is 2.86. The van der Waals surface area contributed by atoms with Gasteiger partial charge in [0.2, 0.25) is 0 Å². The molecule has 0 aliphatic carbocycles. The molecule has 0 amide bonds. The van der Waals surface area contributed by atoms with Gasteiger partial charge in [0.1, 0.15) is 30.5 Å². The fourth-order valence-corrected chi connectivity index (χ4v) is 5.18. The monoisotopic (exact) mass is 444 g/mol. The molecule has 0 spiro atoms. The van der Waals surface area contributed by atoms with Crippen molar-refractivity contribution in [3.8, 4) is 16.5 Å². The van der Waals surface area contributed by atoms with Gasteiger partial charge in [0.25, 0.3) is 0 Å². The number of hydrogen-bond donors (Lipinski definition) is 4. The highest BCUT2D eigenvalue weighted by Crippen LogP contribution is 2.34. The summed E-state index contributed by atoms with van der Waals surface area (Å²) in [5.74, 6) is 0. The van der Waals surface area contributed by atoms with E-state index >= 15 is 0 Å². The van der Waals surface area contributed by atoms with Crippen molar-refractivity contribution < 1.29 is 25.2 Å². The van der Waals surface area contributed by atoms with Crippen molar-refractivity contribution in [2.24, 2.45) is 0 Å². The Kier molecular flexibility index (Phi) is 6.26. The molecule has 2 aromatic heterocycles. The third kappa shape index (κ3) is 4.04. The zero-order valence-electron chi connectivity index (χ0n) is 15.8. The number of thiazole rings is 1. The molecule has 0 saturated carbocycles. The molecule has 3 heterocycles. The predicted molar refractivity (Wildman–Crippen MR) is 112 cm³/mol. The second-order valence-electron chi connectivity index (χ2n) is 7.08. The number of nitrogens with zero attached hydrogens (tertiary/aromatic N) is 2. The van der Waals surface area contributed by atoms with Crippen molar-refractivity contribution >= 4 is 22.7 Å². The van der Waals surface area contributed by atoms with Gasteiger partial charge in [0.05, 0.1) is 28.1 Å². The minimum Gasteiger partial charge on any atom is -0.394 e. The second-order valence-corrected chi connectivity index (χ2v) is 8.98. The molecule has 5 atom stereocenters. The first-order valence-corrected chi connectivity index (χ1v) is 11.1. The number of aliphatic hydroxyl groups is 4. The van der Waals surface area contributed by atoms with E-state index in [4.69, 9.17) is 4.74 Å². The summed E-state index contributed by atoms with van der Waals surface area (Å²) in [7, 11) is 0. The van der Waals surface area contributed by atoms with Crippen molar-refractivity contribution in [3.63, 3.8) is 0 Å². The van der Waals surface area contributed by atoms with Crippen LogP contribution in [0.5, 0.6) is 0 Å². The SMILES string of the molecule is N#Cc1ccc([C@@H]2O[C@H](CO)[C@@H](O)[C@H](O)[C@H]2O)cc1Cc1ncc(-c2ccsc2)s1. The molecule has 9 heteroatoms. The van der Waals surface area contributed by atoms with Crippen molar-refractivity contribution in [1.29, 1.82) is 5.26 Å². The Morgan fingerprint density at radius 3 is 2.67 bits per heavy atom. The van der Waals surface area contributed by atoms with Gasteiger partial charge in [-0.25, -0.2) is 4.98 Å². The molecule has 7 nitrogen and oxygen atoms in total. The summed E-state index contributed by atoms with van der Waals surface area (Å²) in [5, 5.41) is 54.3. The molecule has 0 bridgehead atoms. The van der Waals surface area contributed by atoms with E-state index in [2.05, 4.69) is 16.4 Å². The molecule has 1 aliphatic heterocycles. The molecule has 1 saturated heterocycles. The summed E-state index contributed by atoms with van der Waals surface area (Å²) in [6.45, 7) is -0.491. The zero-order valence-corrected chi connectivity index (χ0v) is 17.4. The predicted octanol–water partition coefficient (Wildman–Crippen LogP) is 1.85. The van der Waals surface area contributed by atoms with Gasteiger partial charge in [0.15, 0.2) is 0 Å². The van der Waals surface area contributed by atoms with Crippen LogP contribution >= 0.6 is 22.7 Å². The van der Waals surface area contributed by atoms with Gasteiger partial charge in [-0.2, -0.15) is 16.6 Å². The van der Waals surface area contributed by atoms with Gasteiger partial charge >= 0.3 is 0 Å². The average Bonchev–Trinajstić information content (AvgIpc) is 3.44. The van der Waals surface area contributed by atoms with Crippen molar-refractivity contribution in [3.05, 3.63) is 62.9 Å². The number of ether oxygens (including phenoxy) is 1. The van der Waals surface area contributed by atoms with Crippen LogP contribution in [0.3, 0.4) is 0 Å². The molecule has 0 radical (unpaired) electrons. The molecular weight excluding hydrogens is 424 g/mol. The Labute approximate surface area is 181 Å². The Hall–Kier alpha value is -2.16. The summed E-state index contributed by atoms with van der Waals surface area (Å²) >= 11 is 3.17. The van der Waals surface area contributed by atoms with Crippen LogP contribution in [-0.2, 0) is 11.2 Å². The zero-order chi connectivity index (χ0) is 21.3. The van der Waals surface area contributed by atoms with E-state index in [-0.39, 0.29) is 0 Å². The van der Waals surface area contributed by atoms with E-state index in [9.17, 15) is 25.7 Å². The summed E-state index contributed by atoms with van der Waals surface area (Å²) in [6.07, 6.45) is -3.91. The van der Waals surface area contributed by atoms with Crippen molar-refractivity contribution in [2.45, 2.75) is 36.9 Å². The summed E-state index contributed by atoms with van der Waals surface area (Å²) in [4.78, 5) is 5.53. The van der Waals surface area contributed by atoms with Crippen molar-refractivity contribution in [1.82, 2.24) is 4.98 Å². The highest BCUT2D eigenvalue weighted by Gasteiger charge is 2.44. The molecule has 156 valence electrons. The molecule has 0 unspecified atom stereocenters. The Morgan fingerprint density at radius 1 is 1.13 bits per heavy atom. The fourth-order valence-electron chi connectivity index (χ4n) is 3.52. The van der Waals surface area contributed by atoms with Crippen LogP contribution in [0, 0.1) is 11.3 Å². The molecule has 1 aliphatic rings. The number of nitriles is 1. The topological polar surface area (TPSA) is 127 Å². The fraction of sp³-hybridized carbons (Fsp3) is 0.333. The Bertz CT molecular complexity index is 1040. The molecule has 3 aromatic rings. The molecule has 30 heavy (non-hydrogen) atoms. The highest BCUT2D eigenvalue weighted by atomic mass is 32.1. The number of aliphatic hydroxyl groups excluding tert-OH is 4. The van der Waals surface area contributed by atoms with E-state index in [0.29, 0.717) is 17.5 Å². The summed E-state index contributed by atoms with van der Waals surface area (Å²) < 4.78 is 5.64. The van der Waals surface area contributed by atoms with E-state index in [1.165, 1.54) is 0 Å². The maximum atomic E-state index is 10.4. The average molecular weight is 445 g/mol. The quantitative estimate of drug-likeness (QED) is 0.473. The van der Waals surface area contributed by atoms with Crippen LogP contribution in [0.2, 0.25) is 0 Å². The van der Waals surface area contributed by atoms with E-state index in [1.807, 2.05) is 17.6 Å². The minimum atomic E-state index is -1.45. The van der Waals surface area contributed by atoms with Crippen LogP contribution < -0.4 is 0 Å². The van der Waals surface area contributed by atoms with E-state index in [1.54, 1.807) is 40.9 Å². The molecular formula is C21H20N2O5S2. The third-order valence-corrected chi connectivity index (χ3v) is 6.90. The minimum absolute atomic E-state index is 0.433. The second kappa shape index (κ2) is 8.91. The van der Waals surface area contributed by atoms with Gasteiger partial charge in [0, 0.05) is 18.2 Å². The van der Waals surface area contributed by atoms with E-state index in [0.717, 1.165) is 21.0 Å². The Balaban J connectivity index is 1.62. The summed E-state index contributed by atoms with van der Waals surface area (Å²) in [6, 6.07) is 9.23. The molecule has 1 aromatic carbocycles. The van der Waals surface area contributed by atoms with Gasteiger partial charge < -0.3 is 25.2 Å². The van der Waals surface area contributed by atoms with Crippen LogP contribution in [0.15, 0.2) is 41.2 Å². The number of hydrogen-bond acceptors (Lipinski definition) is 9. The van der Waals surface area contributed by atoms with Gasteiger partial charge in [-0.1, -0.05) is 12.1 Å². The first-order valence-electron chi connectivity index (χ1n) is 9.32. The molecule has 4 N–H and O–H groups in total. The van der Waals surface area contributed by atoms with Crippen LogP contribution in [0.1, 0.15) is 27.8 Å². The third-order valence-electron chi connectivity index (χ3n) is 5.17. The normalized spacial score (nSPS) is 26.4. The lowest BCUT2D eigenvalue weighted by atomic mass is 9.89. The van der Waals surface area contributed by atoms with Gasteiger partial charge in [-0.05, 0) is 34.0 Å². The maximum Gasteiger partial charge on any atom is 0.113 e. The largest absolute Gasteiger partial charge is 0.394 e. The number of benzene rings is 1. The number of aromatic nitrogens is 1.